The molecule has 0 unspecified atom stereocenters. The van der Waals surface area contributed by atoms with Crippen LogP contribution in [0.4, 0.5) is 19.3 Å². The van der Waals surface area contributed by atoms with Crippen LogP contribution in [-0.2, 0) is 0 Å². The smallest absolute Gasteiger partial charge is 0.317 e. The number of pyridine rings is 1. The second-order valence-corrected chi connectivity index (χ2v) is 5.74. The Morgan fingerprint density at radius 3 is 2.91 bits per heavy atom. The lowest BCUT2D eigenvalue weighted by Crippen LogP contribution is -2.35. The van der Waals surface area contributed by atoms with Gasteiger partial charge in [-0.3, -0.25) is 4.98 Å². The fourth-order valence-electron chi connectivity index (χ4n) is 3.04. The summed E-state index contributed by atoms with van der Waals surface area (Å²) in [5.74, 6) is -0.720. The summed E-state index contributed by atoms with van der Waals surface area (Å²) < 4.78 is 27.1. The number of hydrogen-bond donors (Lipinski definition) is 1. The number of carbonyl (C=O) groups excluding carboxylic acids is 1. The molecule has 0 radical (unpaired) electrons. The Morgan fingerprint density at radius 1 is 1.35 bits per heavy atom. The van der Waals surface area contributed by atoms with Gasteiger partial charge >= 0.3 is 6.03 Å². The van der Waals surface area contributed by atoms with Crippen molar-refractivity contribution in [3.05, 3.63) is 59.9 Å². The average molecular weight is 317 g/mol. The molecule has 23 heavy (non-hydrogen) atoms. The number of anilines is 1. The summed E-state index contributed by atoms with van der Waals surface area (Å²) in [6, 6.07) is 7.05. The van der Waals surface area contributed by atoms with Crippen molar-refractivity contribution in [2.24, 2.45) is 5.92 Å². The van der Waals surface area contributed by atoms with E-state index in [1.54, 1.807) is 11.0 Å². The van der Waals surface area contributed by atoms with Crippen LogP contribution in [-0.4, -0.2) is 22.5 Å². The second kappa shape index (κ2) is 6.32. The quantitative estimate of drug-likeness (QED) is 0.911. The lowest BCUT2D eigenvalue weighted by atomic mass is 9.95. The molecular formula is C17H17F2N3O. The molecule has 2 amide bonds. The Balaban J connectivity index is 1.83. The number of aromatic nitrogens is 1. The van der Waals surface area contributed by atoms with Gasteiger partial charge in [0.1, 0.15) is 5.82 Å². The number of rotatable bonds is 2. The van der Waals surface area contributed by atoms with E-state index in [0.29, 0.717) is 6.54 Å². The molecule has 0 aliphatic carbocycles. The van der Waals surface area contributed by atoms with Crippen molar-refractivity contribution in [1.29, 1.82) is 0 Å². The van der Waals surface area contributed by atoms with Gasteiger partial charge in [-0.15, -0.1) is 0 Å². The van der Waals surface area contributed by atoms with Gasteiger partial charge in [-0.25, -0.2) is 13.6 Å². The van der Waals surface area contributed by atoms with Crippen molar-refractivity contribution in [3.63, 3.8) is 0 Å². The van der Waals surface area contributed by atoms with Gasteiger partial charge in [-0.05, 0) is 36.1 Å². The van der Waals surface area contributed by atoms with Gasteiger partial charge in [-0.2, -0.15) is 0 Å². The Morgan fingerprint density at radius 2 is 2.17 bits per heavy atom. The maximum atomic E-state index is 13.6. The normalized spacial score (nSPS) is 20.6. The SMILES string of the molecule is C[C@H]1CCN(C(=O)Nc2ccncc2F)[C@H]1c1cccc(F)c1. The van der Waals surface area contributed by atoms with Crippen LogP contribution in [0.2, 0.25) is 0 Å². The Kier molecular flexibility index (Phi) is 4.23. The van der Waals surface area contributed by atoms with Crippen molar-refractivity contribution in [2.45, 2.75) is 19.4 Å². The fraction of sp³-hybridized carbons (Fsp3) is 0.294. The highest BCUT2D eigenvalue weighted by Crippen LogP contribution is 2.37. The van der Waals surface area contributed by atoms with Crippen molar-refractivity contribution in [1.82, 2.24) is 9.88 Å². The summed E-state index contributed by atoms with van der Waals surface area (Å²) >= 11 is 0. The van der Waals surface area contributed by atoms with Crippen LogP contribution in [0.1, 0.15) is 24.9 Å². The van der Waals surface area contributed by atoms with Crippen LogP contribution in [0.15, 0.2) is 42.7 Å². The van der Waals surface area contributed by atoms with E-state index in [1.807, 2.05) is 13.0 Å². The van der Waals surface area contributed by atoms with Crippen LogP contribution >= 0.6 is 0 Å². The molecule has 0 spiro atoms. The number of halogens is 2. The van der Waals surface area contributed by atoms with Gasteiger partial charge in [0.2, 0.25) is 0 Å². The molecule has 1 fully saturated rings. The maximum Gasteiger partial charge on any atom is 0.322 e. The molecule has 120 valence electrons. The van der Waals surface area contributed by atoms with E-state index < -0.39 is 11.8 Å². The highest BCUT2D eigenvalue weighted by molar-refractivity contribution is 5.89. The predicted octanol–water partition coefficient (Wildman–Crippen LogP) is 3.97. The van der Waals surface area contributed by atoms with Gasteiger partial charge in [0.15, 0.2) is 5.82 Å². The molecule has 1 N–H and O–H groups in total. The number of urea groups is 1. The fourth-order valence-corrected chi connectivity index (χ4v) is 3.04. The molecule has 0 saturated carbocycles. The van der Waals surface area contributed by atoms with Gasteiger partial charge in [0.05, 0.1) is 17.9 Å². The van der Waals surface area contributed by atoms with Crippen molar-refractivity contribution in [3.8, 4) is 0 Å². The number of carbonyl (C=O) groups is 1. The van der Waals surface area contributed by atoms with E-state index in [9.17, 15) is 13.6 Å². The van der Waals surface area contributed by atoms with E-state index in [0.717, 1.165) is 18.2 Å². The molecule has 1 saturated heterocycles. The first kappa shape index (κ1) is 15.4. The number of benzene rings is 1. The van der Waals surface area contributed by atoms with Gasteiger partial charge in [-0.1, -0.05) is 19.1 Å². The van der Waals surface area contributed by atoms with Gasteiger partial charge in [0.25, 0.3) is 0 Å². The highest BCUT2D eigenvalue weighted by Gasteiger charge is 2.35. The summed E-state index contributed by atoms with van der Waals surface area (Å²) in [6.07, 6.45) is 3.27. The zero-order chi connectivity index (χ0) is 16.4. The molecular weight excluding hydrogens is 300 g/mol. The number of amides is 2. The van der Waals surface area contributed by atoms with Crippen molar-refractivity contribution < 1.29 is 13.6 Å². The van der Waals surface area contributed by atoms with E-state index in [1.165, 1.54) is 24.4 Å². The van der Waals surface area contributed by atoms with Crippen LogP contribution in [0.5, 0.6) is 0 Å². The van der Waals surface area contributed by atoms with Crippen molar-refractivity contribution >= 4 is 11.7 Å². The molecule has 1 aromatic heterocycles. The lowest BCUT2D eigenvalue weighted by molar-refractivity contribution is 0.201. The summed E-state index contributed by atoms with van der Waals surface area (Å²) in [4.78, 5) is 17.8. The monoisotopic (exact) mass is 317 g/mol. The maximum absolute atomic E-state index is 13.6. The number of likely N-dealkylation sites (tertiary alicyclic amines) is 1. The highest BCUT2D eigenvalue weighted by atomic mass is 19.1. The third-order valence-corrected chi connectivity index (χ3v) is 4.17. The summed E-state index contributed by atoms with van der Waals surface area (Å²) in [7, 11) is 0. The summed E-state index contributed by atoms with van der Waals surface area (Å²) in [5, 5.41) is 2.57. The minimum Gasteiger partial charge on any atom is -0.317 e. The standard InChI is InChI=1S/C17H17F2N3O/c1-11-6-8-22(16(11)12-3-2-4-13(18)9-12)17(23)21-15-5-7-20-10-14(15)19/h2-5,7,9-11,16H,6,8H2,1H3,(H,20,21,23)/t11-,16+/m0/s1. The molecule has 2 atom stereocenters. The zero-order valence-corrected chi connectivity index (χ0v) is 12.7. The average Bonchev–Trinajstić information content (AvgIpc) is 2.91. The molecule has 4 nitrogen and oxygen atoms in total. The number of nitrogens with one attached hydrogen (secondary N) is 1. The number of nitrogens with zero attached hydrogens (tertiary/aromatic N) is 2. The largest absolute Gasteiger partial charge is 0.322 e. The Bertz CT molecular complexity index is 722. The molecule has 2 heterocycles. The van der Waals surface area contributed by atoms with Crippen molar-refractivity contribution in [2.75, 3.05) is 11.9 Å². The third-order valence-electron chi connectivity index (χ3n) is 4.17. The Hall–Kier alpha value is -2.50. The summed E-state index contributed by atoms with van der Waals surface area (Å²) in [6.45, 7) is 2.57. The van der Waals surface area contributed by atoms with Crippen LogP contribution in [0.25, 0.3) is 0 Å². The van der Waals surface area contributed by atoms with E-state index in [-0.39, 0.29) is 23.5 Å². The minimum absolute atomic E-state index is 0.0857. The van der Waals surface area contributed by atoms with Gasteiger partial charge < -0.3 is 10.2 Å². The topological polar surface area (TPSA) is 45.2 Å². The van der Waals surface area contributed by atoms with E-state index in [2.05, 4.69) is 10.3 Å². The molecule has 1 aromatic carbocycles. The first-order chi connectivity index (χ1) is 11.1. The van der Waals surface area contributed by atoms with Crippen LogP contribution in [0.3, 0.4) is 0 Å². The molecule has 1 aliphatic rings. The Labute approximate surface area is 133 Å². The molecule has 6 heteroatoms. The molecule has 2 aromatic rings. The first-order valence-electron chi connectivity index (χ1n) is 7.49. The predicted molar refractivity (Wildman–Crippen MR) is 82.8 cm³/mol. The van der Waals surface area contributed by atoms with Crippen LogP contribution < -0.4 is 5.32 Å². The summed E-state index contributed by atoms with van der Waals surface area (Å²) in [5.41, 5.74) is 0.836. The van der Waals surface area contributed by atoms with Gasteiger partial charge in [0, 0.05) is 12.7 Å². The molecule has 1 aliphatic heterocycles. The molecule has 0 bridgehead atoms. The minimum atomic E-state index is -0.588. The zero-order valence-electron chi connectivity index (χ0n) is 12.7. The second-order valence-electron chi connectivity index (χ2n) is 5.74. The first-order valence-corrected chi connectivity index (χ1v) is 7.49. The lowest BCUT2D eigenvalue weighted by Gasteiger charge is -2.27. The van der Waals surface area contributed by atoms with E-state index >= 15 is 0 Å². The third kappa shape index (κ3) is 3.16. The molecule has 3 rings (SSSR count). The van der Waals surface area contributed by atoms with Crippen LogP contribution in [0, 0.1) is 17.6 Å². The van der Waals surface area contributed by atoms with E-state index in [4.69, 9.17) is 0 Å². The number of hydrogen-bond acceptors (Lipinski definition) is 2.